The molecule has 0 radical (unpaired) electrons. The molecule has 0 N–H and O–H groups in total. The lowest BCUT2D eigenvalue weighted by molar-refractivity contribution is 1.18. The highest BCUT2D eigenvalue weighted by atomic mass is 32.1. The van der Waals surface area contributed by atoms with E-state index in [9.17, 15) is 0 Å². The van der Waals surface area contributed by atoms with Gasteiger partial charge in [0.05, 0.1) is 27.8 Å². The summed E-state index contributed by atoms with van der Waals surface area (Å²) < 4.78 is 7.55. The molecule has 0 fully saturated rings. The summed E-state index contributed by atoms with van der Waals surface area (Å²) in [6.45, 7) is 0. The van der Waals surface area contributed by atoms with Gasteiger partial charge in [-0.25, -0.2) is 0 Å². The van der Waals surface area contributed by atoms with Gasteiger partial charge in [0.1, 0.15) is 0 Å². The predicted octanol–water partition coefficient (Wildman–Crippen LogP) is 14.7. The Bertz CT molecular complexity index is 3480. The van der Waals surface area contributed by atoms with Crippen molar-refractivity contribution in [1.29, 1.82) is 0 Å². The van der Waals surface area contributed by atoms with E-state index in [4.69, 9.17) is 0 Å². The van der Waals surface area contributed by atoms with Gasteiger partial charge in [-0.05, 0) is 94.4 Å². The number of hydrogen-bond donors (Lipinski definition) is 0. The first-order valence-electron chi connectivity index (χ1n) is 18.8. The summed E-state index contributed by atoms with van der Waals surface area (Å²) in [6, 6.07) is 71.5. The Balaban J connectivity index is 1.09. The number of thiophene rings is 1. The average Bonchev–Trinajstić information content (AvgIpc) is 3.89. The molecule has 55 heavy (non-hydrogen) atoms. The molecule has 0 amide bonds. The highest BCUT2D eigenvalue weighted by molar-refractivity contribution is 7.25. The van der Waals surface area contributed by atoms with Crippen LogP contribution in [0.15, 0.2) is 194 Å². The van der Waals surface area contributed by atoms with Crippen LogP contribution in [0.3, 0.4) is 0 Å². The molecule has 256 valence electrons. The number of hydrogen-bond acceptors (Lipinski definition) is 1. The van der Waals surface area contributed by atoms with Gasteiger partial charge in [-0.2, -0.15) is 0 Å². The lowest BCUT2D eigenvalue weighted by atomic mass is 10.0. The fourth-order valence-electron chi connectivity index (χ4n) is 8.97. The van der Waals surface area contributed by atoms with Crippen LogP contribution in [0.25, 0.3) is 108 Å². The van der Waals surface area contributed by atoms with E-state index >= 15 is 0 Å². The van der Waals surface area contributed by atoms with Crippen LogP contribution >= 0.6 is 11.3 Å². The summed E-state index contributed by atoms with van der Waals surface area (Å²) in [5, 5.41) is 10.2. The Kier molecular flexibility index (Phi) is 6.54. The van der Waals surface area contributed by atoms with Crippen molar-refractivity contribution in [2.24, 2.45) is 0 Å². The molecule has 12 rings (SSSR count). The molecule has 3 aromatic heterocycles. The fraction of sp³-hybridized carbons (Fsp3) is 0. The lowest BCUT2D eigenvalue weighted by Gasteiger charge is -2.12. The third-order valence-electron chi connectivity index (χ3n) is 11.5. The molecule has 0 spiro atoms. The highest BCUT2D eigenvalue weighted by Gasteiger charge is 2.19. The molecule has 0 aliphatic carbocycles. The summed E-state index contributed by atoms with van der Waals surface area (Å²) in [7, 11) is 0. The van der Waals surface area contributed by atoms with Crippen LogP contribution in [-0.2, 0) is 0 Å². The molecular weight excluding hydrogens is 685 g/mol. The van der Waals surface area contributed by atoms with Gasteiger partial charge >= 0.3 is 0 Å². The van der Waals surface area contributed by atoms with E-state index in [-0.39, 0.29) is 0 Å². The Hall–Kier alpha value is -6.94. The third-order valence-corrected chi connectivity index (χ3v) is 12.6. The number of nitrogens with zero attached hydrogens (tertiary/aromatic N) is 2. The molecule has 0 saturated carbocycles. The monoisotopic (exact) mass is 716 g/mol. The van der Waals surface area contributed by atoms with Gasteiger partial charge in [-0.3, -0.25) is 0 Å². The molecule has 2 nitrogen and oxygen atoms in total. The molecule has 3 heterocycles. The Morgan fingerprint density at radius 2 is 0.891 bits per heavy atom. The zero-order chi connectivity index (χ0) is 36.0. The van der Waals surface area contributed by atoms with Crippen molar-refractivity contribution in [2.45, 2.75) is 0 Å². The first-order chi connectivity index (χ1) is 27.3. The standard InChI is InChI=1S/C52H32N2S/c1-2-12-33(13-3-1)35-16-10-17-38(28-35)53-48-26-24-37(30-43(48)44-32-52-45(31-50(44)53)41-20-7-9-23-51(41)55-52)36-25-27-49-42(29-36)40-19-6-8-21-47(40)54(49)46-22-11-15-34-14-4-5-18-39(34)46/h1-32H. The topological polar surface area (TPSA) is 9.86 Å². The van der Waals surface area contributed by atoms with Crippen LogP contribution < -0.4 is 0 Å². The first kappa shape index (κ1) is 30.5. The number of para-hydroxylation sites is 1. The van der Waals surface area contributed by atoms with Gasteiger partial charge in [-0.1, -0.05) is 127 Å². The summed E-state index contributed by atoms with van der Waals surface area (Å²) in [4.78, 5) is 0. The van der Waals surface area contributed by atoms with Crippen molar-refractivity contribution in [2.75, 3.05) is 0 Å². The van der Waals surface area contributed by atoms with Gasteiger partial charge in [0.25, 0.3) is 0 Å². The minimum Gasteiger partial charge on any atom is -0.309 e. The second-order valence-corrected chi connectivity index (χ2v) is 15.6. The largest absolute Gasteiger partial charge is 0.309 e. The van der Waals surface area contributed by atoms with E-state index < -0.39 is 0 Å². The molecule has 0 aliphatic rings. The van der Waals surface area contributed by atoms with E-state index in [1.54, 1.807) is 0 Å². The summed E-state index contributed by atoms with van der Waals surface area (Å²) >= 11 is 1.88. The van der Waals surface area contributed by atoms with Crippen LogP contribution in [-0.4, -0.2) is 9.13 Å². The maximum absolute atomic E-state index is 2.47. The van der Waals surface area contributed by atoms with Gasteiger partial charge < -0.3 is 9.13 Å². The quantitative estimate of drug-likeness (QED) is 0.172. The molecule has 3 heteroatoms. The summed E-state index contributed by atoms with van der Waals surface area (Å²) in [5.41, 5.74) is 12.1. The van der Waals surface area contributed by atoms with E-state index in [1.165, 1.54) is 102 Å². The maximum Gasteiger partial charge on any atom is 0.0548 e. The molecular formula is C52H32N2S. The lowest BCUT2D eigenvalue weighted by Crippen LogP contribution is -1.95. The normalized spacial score (nSPS) is 12.0. The van der Waals surface area contributed by atoms with Crippen molar-refractivity contribution in [3.63, 3.8) is 0 Å². The van der Waals surface area contributed by atoms with Crippen LogP contribution in [0, 0.1) is 0 Å². The number of benzene rings is 9. The molecule has 0 saturated heterocycles. The fourth-order valence-corrected chi connectivity index (χ4v) is 10.1. The van der Waals surface area contributed by atoms with Crippen molar-refractivity contribution in [1.82, 2.24) is 9.13 Å². The Labute approximate surface area is 321 Å². The molecule has 0 unspecified atom stereocenters. The summed E-state index contributed by atoms with van der Waals surface area (Å²) in [5.74, 6) is 0. The van der Waals surface area contributed by atoms with Gasteiger partial charge in [0.15, 0.2) is 0 Å². The van der Waals surface area contributed by atoms with Gasteiger partial charge in [-0.15, -0.1) is 11.3 Å². The first-order valence-corrected chi connectivity index (χ1v) is 19.7. The molecule has 0 aliphatic heterocycles. The number of rotatable bonds is 4. The number of aromatic nitrogens is 2. The van der Waals surface area contributed by atoms with Gasteiger partial charge in [0.2, 0.25) is 0 Å². The predicted molar refractivity (Wildman–Crippen MR) is 236 cm³/mol. The third kappa shape index (κ3) is 4.60. The van der Waals surface area contributed by atoms with E-state index in [2.05, 4.69) is 203 Å². The number of fused-ring (bicyclic) bond motifs is 10. The van der Waals surface area contributed by atoms with E-state index in [0.29, 0.717) is 0 Å². The Morgan fingerprint density at radius 1 is 0.291 bits per heavy atom. The minimum atomic E-state index is 1.16. The Morgan fingerprint density at radius 3 is 1.75 bits per heavy atom. The molecule has 9 aromatic carbocycles. The van der Waals surface area contributed by atoms with Crippen molar-refractivity contribution < 1.29 is 0 Å². The van der Waals surface area contributed by atoms with Crippen molar-refractivity contribution in [3.8, 4) is 33.6 Å². The second-order valence-electron chi connectivity index (χ2n) is 14.5. The molecule has 0 atom stereocenters. The second kappa shape index (κ2) is 11.8. The average molecular weight is 717 g/mol. The van der Waals surface area contributed by atoms with Crippen molar-refractivity contribution in [3.05, 3.63) is 194 Å². The highest BCUT2D eigenvalue weighted by Crippen LogP contribution is 2.43. The summed E-state index contributed by atoms with van der Waals surface area (Å²) in [6.07, 6.45) is 0. The SMILES string of the molecule is c1ccc(-c2cccc(-n3c4ccc(-c5ccc6c(c5)c5ccccc5n6-c5cccc6ccccc56)cc4c4cc5sc6ccccc6c5cc43)c2)cc1. The zero-order valence-electron chi connectivity index (χ0n) is 29.8. The molecule has 0 bridgehead atoms. The van der Waals surface area contributed by atoms with Gasteiger partial charge in [0, 0.05) is 52.8 Å². The van der Waals surface area contributed by atoms with Crippen molar-refractivity contribution >= 4 is 85.9 Å². The van der Waals surface area contributed by atoms with Crippen LogP contribution in [0.4, 0.5) is 0 Å². The van der Waals surface area contributed by atoms with Crippen LogP contribution in [0.1, 0.15) is 0 Å². The van der Waals surface area contributed by atoms with Crippen LogP contribution in [0.5, 0.6) is 0 Å². The van der Waals surface area contributed by atoms with Crippen LogP contribution in [0.2, 0.25) is 0 Å². The van der Waals surface area contributed by atoms with E-state index in [0.717, 1.165) is 5.69 Å². The minimum absolute atomic E-state index is 1.16. The van der Waals surface area contributed by atoms with E-state index in [1.807, 2.05) is 11.3 Å². The maximum atomic E-state index is 2.47. The molecule has 12 aromatic rings. The zero-order valence-corrected chi connectivity index (χ0v) is 30.6. The smallest absolute Gasteiger partial charge is 0.0548 e.